The number of hydrogen-bond acceptors (Lipinski definition) is 2. The minimum absolute atomic E-state index is 0.0278. The summed E-state index contributed by atoms with van der Waals surface area (Å²) in [7, 11) is 0. The Balaban J connectivity index is 2.50. The molecular weight excluding hydrogens is 268 g/mol. The fourth-order valence-electron chi connectivity index (χ4n) is 1.12. The number of carbonyl (C=O) groups is 1. The van der Waals surface area contributed by atoms with Gasteiger partial charge < -0.3 is 4.74 Å². The molecule has 0 saturated heterocycles. The molecule has 0 saturated carbocycles. The largest absolute Gasteiger partial charge is 0.370 e. The van der Waals surface area contributed by atoms with Crippen LogP contribution in [-0.2, 0) is 4.74 Å². The van der Waals surface area contributed by atoms with Crippen molar-refractivity contribution < 1.29 is 9.53 Å². The van der Waals surface area contributed by atoms with Gasteiger partial charge in [-0.3, -0.25) is 4.79 Å². The first-order chi connectivity index (χ1) is 7.50. The lowest BCUT2D eigenvalue weighted by atomic mass is 10.1. The smallest absolute Gasteiger partial charge is 0.188 e. The van der Waals surface area contributed by atoms with E-state index in [0.717, 1.165) is 4.47 Å². The summed E-state index contributed by atoms with van der Waals surface area (Å²) in [6.07, 6.45) is 0.111. The average Bonchev–Trinajstić information content (AvgIpc) is 2.26. The van der Waals surface area contributed by atoms with Gasteiger partial charge in [0.2, 0.25) is 0 Å². The third kappa shape index (κ3) is 4.06. The van der Waals surface area contributed by atoms with E-state index in [1.807, 2.05) is 19.1 Å². The lowest BCUT2D eigenvalue weighted by Gasteiger charge is -2.15. The summed E-state index contributed by atoms with van der Waals surface area (Å²) in [5.41, 5.74) is 0.694. The topological polar surface area (TPSA) is 26.3 Å². The molecule has 0 fully saturated rings. The highest BCUT2D eigenvalue weighted by Gasteiger charge is 2.11. The van der Waals surface area contributed by atoms with Crippen molar-refractivity contribution in [2.75, 3.05) is 6.61 Å². The van der Waals surface area contributed by atoms with Crippen molar-refractivity contribution in [3.8, 4) is 0 Å². The highest BCUT2D eigenvalue weighted by atomic mass is 79.9. The van der Waals surface area contributed by atoms with Crippen LogP contribution in [0.3, 0.4) is 0 Å². The van der Waals surface area contributed by atoms with Crippen molar-refractivity contribution in [2.24, 2.45) is 5.92 Å². The van der Waals surface area contributed by atoms with Gasteiger partial charge >= 0.3 is 0 Å². The summed E-state index contributed by atoms with van der Waals surface area (Å²) >= 11 is 3.33. The van der Waals surface area contributed by atoms with Crippen LogP contribution in [0.5, 0.6) is 0 Å². The van der Waals surface area contributed by atoms with Gasteiger partial charge in [0.15, 0.2) is 5.78 Å². The van der Waals surface area contributed by atoms with E-state index >= 15 is 0 Å². The Bertz CT molecular complexity index is 343. The van der Waals surface area contributed by atoms with Gasteiger partial charge in [0.25, 0.3) is 0 Å². The van der Waals surface area contributed by atoms with Crippen molar-refractivity contribution in [3.05, 3.63) is 34.3 Å². The summed E-state index contributed by atoms with van der Waals surface area (Å²) in [5.74, 6) is 0.456. The van der Waals surface area contributed by atoms with Gasteiger partial charge in [0, 0.05) is 10.0 Å². The SMILES string of the molecule is CC(C)C(C)OCC(=O)c1ccc(Br)cc1. The zero-order chi connectivity index (χ0) is 12.1. The lowest BCUT2D eigenvalue weighted by Crippen LogP contribution is -2.20. The first-order valence-electron chi connectivity index (χ1n) is 5.41. The zero-order valence-corrected chi connectivity index (χ0v) is 11.5. The molecule has 3 heteroatoms. The zero-order valence-electron chi connectivity index (χ0n) is 9.87. The molecule has 1 aromatic rings. The fourth-order valence-corrected chi connectivity index (χ4v) is 1.38. The third-order valence-corrected chi connectivity index (χ3v) is 3.11. The minimum Gasteiger partial charge on any atom is -0.370 e. The second kappa shape index (κ2) is 6.16. The molecule has 0 bridgehead atoms. The van der Waals surface area contributed by atoms with Gasteiger partial charge in [0.05, 0.1) is 6.10 Å². The molecule has 0 amide bonds. The van der Waals surface area contributed by atoms with Gasteiger partial charge in [0.1, 0.15) is 6.61 Å². The van der Waals surface area contributed by atoms with Gasteiger partial charge in [-0.2, -0.15) is 0 Å². The highest BCUT2D eigenvalue weighted by Crippen LogP contribution is 2.12. The van der Waals surface area contributed by atoms with E-state index in [9.17, 15) is 4.79 Å². The molecule has 0 heterocycles. The predicted octanol–water partition coefficient (Wildman–Crippen LogP) is 3.69. The van der Waals surface area contributed by atoms with Crippen molar-refractivity contribution in [1.29, 1.82) is 0 Å². The van der Waals surface area contributed by atoms with Crippen LogP contribution in [0.2, 0.25) is 0 Å². The van der Waals surface area contributed by atoms with Gasteiger partial charge in [-0.05, 0) is 25.0 Å². The average molecular weight is 285 g/mol. The lowest BCUT2D eigenvalue weighted by molar-refractivity contribution is 0.0336. The molecule has 1 unspecified atom stereocenters. The van der Waals surface area contributed by atoms with Crippen LogP contribution in [0.15, 0.2) is 28.7 Å². The first kappa shape index (κ1) is 13.4. The molecule has 16 heavy (non-hydrogen) atoms. The Labute approximate surface area is 105 Å². The standard InChI is InChI=1S/C13H17BrO2/c1-9(2)10(3)16-8-13(15)11-4-6-12(14)7-5-11/h4-7,9-10H,8H2,1-3H3. The Morgan fingerprint density at radius 3 is 2.31 bits per heavy atom. The molecule has 0 radical (unpaired) electrons. The van der Waals surface area contributed by atoms with Crippen molar-refractivity contribution in [1.82, 2.24) is 0 Å². The maximum absolute atomic E-state index is 11.7. The quantitative estimate of drug-likeness (QED) is 0.771. The van der Waals surface area contributed by atoms with Gasteiger partial charge in [-0.15, -0.1) is 0 Å². The maximum Gasteiger partial charge on any atom is 0.188 e. The van der Waals surface area contributed by atoms with E-state index in [4.69, 9.17) is 4.74 Å². The molecule has 2 nitrogen and oxygen atoms in total. The number of ketones is 1. The third-order valence-electron chi connectivity index (χ3n) is 2.58. The van der Waals surface area contributed by atoms with E-state index in [1.54, 1.807) is 12.1 Å². The number of carbonyl (C=O) groups excluding carboxylic acids is 1. The van der Waals surface area contributed by atoms with Crippen LogP contribution >= 0.6 is 15.9 Å². The molecule has 1 aromatic carbocycles. The second-order valence-electron chi connectivity index (χ2n) is 4.19. The summed E-state index contributed by atoms with van der Waals surface area (Å²) in [6, 6.07) is 7.32. The highest BCUT2D eigenvalue weighted by molar-refractivity contribution is 9.10. The summed E-state index contributed by atoms with van der Waals surface area (Å²) in [4.78, 5) is 11.7. The summed E-state index contributed by atoms with van der Waals surface area (Å²) in [5, 5.41) is 0. The maximum atomic E-state index is 11.7. The molecule has 0 aliphatic rings. The van der Waals surface area contributed by atoms with Crippen LogP contribution in [0.25, 0.3) is 0 Å². The predicted molar refractivity (Wildman–Crippen MR) is 68.7 cm³/mol. The Hall–Kier alpha value is -0.670. The Morgan fingerprint density at radius 1 is 1.25 bits per heavy atom. The van der Waals surface area contributed by atoms with Crippen molar-refractivity contribution in [2.45, 2.75) is 26.9 Å². The number of ether oxygens (including phenoxy) is 1. The van der Waals surface area contributed by atoms with Crippen LogP contribution in [0, 0.1) is 5.92 Å². The number of Topliss-reactive ketones (excluding diaryl/α,β-unsaturated/α-hetero) is 1. The number of hydrogen-bond donors (Lipinski definition) is 0. The number of benzene rings is 1. The van der Waals surface area contributed by atoms with E-state index in [0.29, 0.717) is 11.5 Å². The summed E-state index contributed by atoms with van der Waals surface area (Å²) in [6.45, 7) is 6.30. The Morgan fingerprint density at radius 2 is 1.81 bits per heavy atom. The van der Waals surface area contributed by atoms with E-state index < -0.39 is 0 Å². The van der Waals surface area contributed by atoms with Crippen LogP contribution in [0.1, 0.15) is 31.1 Å². The summed E-state index contributed by atoms with van der Waals surface area (Å²) < 4.78 is 6.46. The normalized spacial score (nSPS) is 12.8. The van der Waals surface area contributed by atoms with Gasteiger partial charge in [-0.1, -0.05) is 41.9 Å². The van der Waals surface area contributed by atoms with Crippen LogP contribution in [0.4, 0.5) is 0 Å². The Kier molecular flexibility index (Phi) is 5.16. The molecular formula is C13H17BrO2. The molecule has 1 rings (SSSR count). The van der Waals surface area contributed by atoms with E-state index in [1.165, 1.54) is 0 Å². The van der Waals surface area contributed by atoms with Crippen LogP contribution in [-0.4, -0.2) is 18.5 Å². The molecule has 0 aliphatic heterocycles. The van der Waals surface area contributed by atoms with Gasteiger partial charge in [-0.25, -0.2) is 0 Å². The van der Waals surface area contributed by atoms with E-state index in [2.05, 4.69) is 29.8 Å². The molecule has 0 aliphatic carbocycles. The minimum atomic E-state index is 0.0278. The van der Waals surface area contributed by atoms with E-state index in [-0.39, 0.29) is 18.5 Å². The fraction of sp³-hybridized carbons (Fsp3) is 0.462. The molecule has 0 N–H and O–H groups in total. The second-order valence-corrected chi connectivity index (χ2v) is 5.11. The molecule has 88 valence electrons. The molecule has 0 aromatic heterocycles. The first-order valence-corrected chi connectivity index (χ1v) is 6.20. The number of halogens is 1. The van der Waals surface area contributed by atoms with Crippen molar-refractivity contribution >= 4 is 21.7 Å². The molecule has 1 atom stereocenters. The van der Waals surface area contributed by atoms with Crippen LogP contribution < -0.4 is 0 Å². The van der Waals surface area contributed by atoms with Crippen molar-refractivity contribution in [3.63, 3.8) is 0 Å². The number of rotatable bonds is 5. The molecule has 0 spiro atoms. The monoisotopic (exact) mass is 284 g/mol.